The van der Waals surface area contributed by atoms with E-state index in [2.05, 4.69) is 15.5 Å². The van der Waals surface area contributed by atoms with Gasteiger partial charge in [-0.25, -0.2) is 0 Å². The lowest BCUT2D eigenvalue weighted by atomic mass is 10.1. The molecule has 5 heteroatoms. The number of carbonyl (C=O) groups excluding carboxylic acids is 2. The van der Waals surface area contributed by atoms with Gasteiger partial charge in [0.2, 0.25) is 0 Å². The highest BCUT2D eigenvalue weighted by Crippen LogP contribution is 2.21. The molecular weight excluding hydrogens is 254 g/mol. The molecule has 1 aliphatic rings. The van der Waals surface area contributed by atoms with Crippen molar-refractivity contribution in [2.24, 2.45) is 0 Å². The molecule has 2 rings (SSSR count). The van der Waals surface area contributed by atoms with Gasteiger partial charge in [0.05, 0.1) is 0 Å². The van der Waals surface area contributed by atoms with Crippen molar-refractivity contribution in [1.29, 1.82) is 0 Å². The van der Waals surface area contributed by atoms with Gasteiger partial charge in [0.1, 0.15) is 0 Å². The lowest BCUT2D eigenvalue weighted by Gasteiger charge is -2.28. The first-order chi connectivity index (χ1) is 9.70. The molecule has 2 amide bonds. The van der Waals surface area contributed by atoms with E-state index < -0.39 is 11.8 Å². The summed E-state index contributed by atoms with van der Waals surface area (Å²) in [6, 6.07) is 7.64. The molecule has 0 aliphatic carbocycles. The first-order valence-corrected chi connectivity index (χ1v) is 7.15. The Hall–Kier alpha value is -2.04. The molecule has 0 aromatic heterocycles. The molecule has 108 valence electrons. The summed E-state index contributed by atoms with van der Waals surface area (Å²) in [6.45, 7) is 4.40. The zero-order valence-electron chi connectivity index (χ0n) is 11.8. The van der Waals surface area contributed by atoms with Gasteiger partial charge < -0.3 is 15.5 Å². The van der Waals surface area contributed by atoms with Crippen molar-refractivity contribution < 1.29 is 9.59 Å². The number of anilines is 2. The van der Waals surface area contributed by atoms with E-state index in [1.165, 1.54) is 24.9 Å². The molecule has 1 heterocycles. The van der Waals surface area contributed by atoms with Gasteiger partial charge in [0.25, 0.3) is 0 Å². The fraction of sp³-hybridized carbons (Fsp3) is 0.467. The first-order valence-electron chi connectivity index (χ1n) is 7.15. The summed E-state index contributed by atoms with van der Waals surface area (Å²) in [4.78, 5) is 25.2. The molecule has 1 aromatic carbocycles. The molecule has 0 radical (unpaired) electrons. The molecule has 0 unspecified atom stereocenters. The predicted molar refractivity (Wildman–Crippen MR) is 79.8 cm³/mol. The van der Waals surface area contributed by atoms with Gasteiger partial charge in [0.15, 0.2) is 0 Å². The zero-order valence-corrected chi connectivity index (χ0v) is 11.8. The Labute approximate surface area is 119 Å². The largest absolute Gasteiger partial charge is 0.372 e. The van der Waals surface area contributed by atoms with Crippen LogP contribution in [-0.4, -0.2) is 31.4 Å². The third-order valence-electron chi connectivity index (χ3n) is 3.39. The van der Waals surface area contributed by atoms with Gasteiger partial charge in [0, 0.05) is 31.0 Å². The fourth-order valence-electron chi connectivity index (χ4n) is 2.34. The summed E-state index contributed by atoms with van der Waals surface area (Å²) in [5.74, 6) is -1.23. The van der Waals surface area contributed by atoms with E-state index >= 15 is 0 Å². The van der Waals surface area contributed by atoms with Crippen LogP contribution in [0.4, 0.5) is 11.4 Å². The number of likely N-dealkylation sites (N-methyl/N-ethyl adjacent to an activating group) is 1. The highest BCUT2D eigenvalue weighted by molar-refractivity contribution is 6.39. The molecule has 0 spiro atoms. The van der Waals surface area contributed by atoms with Gasteiger partial charge in [-0.15, -0.1) is 0 Å². The highest BCUT2D eigenvalue weighted by Gasteiger charge is 2.13. The number of hydrogen-bond acceptors (Lipinski definition) is 3. The Balaban J connectivity index is 1.94. The minimum absolute atomic E-state index is 0.445. The number of nitrogens with one attached hydrogen (secondary N) is 2. The molecule has 1 aromatic rings. The van der Waals surface area contributed by atoms with E-state index in [1.54, 1.807) is 6.92 Å². The van der Waals surface area contributed by atoms with Crippen LogP contribution in [0.5, 0.6) is 0 Å². The third-order valence-corrected chi connectivity index (χ3v) is 3.39. The standard InChI is InChI=1S/C15H21N3O2/c1-2-16-14(19)15(20)17-12-6-8-13(9-7-12)18-10-4-3-5-11-18/h6-9H,2-5,10-11H2,1H3,(H,16,19)(H,17,20). The number of nitrogens with zero attached hydrogens (tertiary/aromatic N) is 1. The molecule has 1 saturated heterocycles. The summed E-state index contributed by atoms with van der Waals surface area (Å²) in [6.07, 6.45) is 3.77. The van der Waals surface area contributed by atoms with Crippen LogP contribution in [0, 0.1) is 0 Å². The Kier molecular flexibility index (Phi) is 4.98. The number of piperidine rings is 1. The number of hydrogen-bond donors (Lipinski definition) is 2. The highest BCUT2D eigenvalue weighted by atomic mass is 16.2. The van der Waals surface area contributed by atoms with Gasteiger partial charge in [-0.1, -0.05) is 0 Å². The lowest BCUT2D eigenvalue weighted by Crippen LogP contribution is -2.35. The Morgan fingerprint density at radius 2 is 1.70 bits per heavy atom. The smallest absolute Gasteiger partial charge is 0.313 e. The van der Waals surface area contributed by atoms with Crippen molar-refractivity contribution in [3.63, 3.8) is 0 Å². The summed E-state index contributed by atoms with van der Waals surface area (Å²) in [5, 5.41) is 5.06. The fourth-order valence-corrected chi connectivity index (χ4v) is 2.34. The number of rotatable bonds is 3. The normalized spacial score (nSPS) is 14.8. The molecule has 5 nitrogen and oxygen atoms in total. The second-order valence-electron chi connectivity index (χ2n) is 4.91. The second-order valence-corrected chi connectivity index (χ2v) is 4.91. The van der Waals surface area contributed by atoms with E-state index in [-0.39, 0.29) is 0 Å². The monoisotopic (exact) mass is 275 g/mol. The van der Waals surface area contributed by atoms with Crippen molar-refractivity contribution >= 4 is 23.2 Å². The van der Waals surface area contributed by atoms with E-state index in [4.69, 9.17) is 0 Å². The Morgan fingerprint density at radius 1 is 1.05 bits per heavy atom. The molecule has 0 atom stereocenters. The second kappa shape index (κ2) is 6.93. The number of benzene rings is 1. The summed E-state index contributed by atoms with van der Waals surface area (Å²) in [5.41, 5.74) is 1.81. The van der Waals surface area contributed by atoms with Gasteiger partial charge in [-0.05, 0) is 50.5 Å². The van der Waals surface area contributed by atoms with Crippen LogP contribution in [0.15, 0.2) is 24.3 Å². The van der Waals surface area contributed by atoms with Crippen LogP contribution in [0.2, 0.25) is 0 Å². The van der Waals surface area contributed by atoms with Crippen molar-refractivity contribution in [3.05, 3.63) is 24.3 Å². The van der Waals surface area contributed by atoms with Crippen LogP contribution >= 0.6 is 0 Å². The van der Waals surface area contributed by atoms with Crippen molar-refractivity contribution in [2.75, 3.05) is 29.9 Å². The quantitative estimate of drug-likeness (QED) is 0.826. The van der Waals surface area contributed by atoms with E-state index in [9.17, 15) is 9.59 Å². The molecular formula is C15H21N3O2. The summed E-state index contributed by atoms with van der Waals surface area (Å²) in [7, 11) is 0. The lowest BCUT2D eigenvalue weighted by molar-refractivity contribution is -0.136. The van der Waals surface area contributed by atoms with E-state index in [0.717, 1.165) is 13.1 Å². The zero-order chi connectivity index (χ0) is 14.4. The van der Waals surface area contributed by atoms with Gasteiger partial charge in [-0.2, -0.15) is 0 Å². The van der Waals surface area contributed by atoms with Crippen molar-refractivity contribution in [3.8, 4) is 0 Å². The van der Waals surface area contributed by atoms with Gasteiger partial charge in [-0.3, -0.25) is 9.59 Å². The Morgan fingerprint density at radius 3 is 2.30 bits per heavy atom. The van der Waals surface area contributed by atoms with Crippen LogP contribution in [0.1, 0.15) is 26.2 Å². The SMILES string of the molecule is CCNC(=O)C(=O)Nc1ccc(N2CCCCC2)cc1. The van der Waals surface area contributed by atoms with Crippen LogP contribution in [0.3, 0.4) is 0 Å². The van der Waals surface area contributed by atoms with E-state index in [0.29, 0.717) is 12.2 Å². The molecule has 1 aliphatic heterocycles. The van der Waals surface area contributed by atoms with E-state index in [1.807, 2.05) is 24.3 Å². The van der Waals surface area contributed by atoms with Crippen LogP contribution in [-0.2, 0) is 9.59 Å². The number of amides is 2. The minimum Gasteiger partial charge on any atom is -0.372 e. The molecule has 1 fully saturated rings. The summed E-state index contributed by atoms with van der Waals surface area (Å²) >= 11 is 0. The summed E-state index contributed by atoms with van der Waals surface area (Å²) < 4.78 is 0. The third kappa shape index (κ3) is 3.73. The molecule has 20 heavy (non-hydrogen) atoms. The van der Waals surface area contributed by atoms with Gasteiger partial charge >= 0.3 is 11.8 Å². The van der Waals surface area contributed by atoms with Crippen molar-refractivity contribution in [2.45, 2.75) is 26.2 Å². The Bertz CT molecular complexity index is 465. The topological polar surface area (TPSA) is 61.4 Å². The maximum atomic E-state index is 11.6. The number of carbonyl (C=O) groups is 2. The molecule has 2 N–H and O–H groups in total. The van der Waals surface area contributed by atoms with Crippen LogP contribution < -0.4 is 15.5 Å². The molecule has 0 saturated carbocycles. The first kappa shape index (κ1) is 14.4. The molecule has 0 bridgehead atoms. The maximum Gasteiger partial charge on any atom is 0.313 e. The van der Waals surface area contributed by atoms with Crippen molar-refractivity contribution in [1.82, 2.24) is 5.32 Å². The average Bonchev–Trinajstić information content (AvgIpc) is 2.49. The maximum absolute atomic E-state index is 11.6. The van der Waals surface area contributed by atoms with Crippen LogP contribution in [0.25, 0.3) is 0 Å². The average molecular weight is 275 g/mol. The predicted octanol–water partition coefficient (Wildman–Crippen LogP) is 1.75. The minimum atomic E-state index is -0.627.